The first-order valence-corrected chi connectivity index (χ1v) is 20.6. The predicted octanol–water partition coefficient (Wildman–Crippen LogP) is 2.37. The molecule has 0 radical (unpaired) electrons. The van der Waals surface area contributed by atoms with Crippen LogP contribution in [0.15, 0.2) is 0 Å². The van der Waals surface area contributed by atoms with Gasteiger partial charge in [0.1, 0.15) is 24.4 Å². The minimum absolute atomic E-state index is 0.0221. The molecule has 15 heteroatoms. The summed E-state index contributed by atoms with van der Waals surface area (Å²) in [5.41, 5.74) is -0.732. The van der Waals surface area contributed by atoms with Gasteiger partial charge in [-0.15, -0.1) is 0 Å². The van der Waals surface area contributed by atoms with Crippen LogP contribution in [0.1, 0.15) is 96.8 Å². The zero-order valence-corrected chi connectivity index (χ0v) is 33.4. The topological polar surface area (TPSA) is 204 Å². The summed E-state index contributed by atoms with van der Waals surface area (Å²) in [6.07, 6.45) is 11.6. The summed E-state index contributed by atoms with van der Waals surface area (Å²) in [4.78, 5) is 0. The lowest BCUT2D eigenvalue weighted by atomic mass is 9.92. The first-order chi connectivity index (χ1) is 26.4. The smallest absolute Gasteiger partial charge is 0.186 e. The van der Waals surface area contributed by atoms with Crippen LogP contribution < -0.4 is 0 Å². The van der Waals surface area contributed by atoms with Crippen molar-refractivity contribution in [2.75, 3.05) is 119 Å². The quantitative estimate of drug-likeness (QED) is 0.0493. The largest absolute Gasteiger partial charge is 0.396 e. The van der Waals surface area contributed by atoms with Gasteiger partial charge >= 0.3 is 0 Å². The Morgan fingerprint density at radius 1 is 0.444 bits per heavy atom. The number of unbranched alkanes of at least 4 members (excludes halogenated alkanes) is 13. The summed E-state index contributed by atoms with van der Waals surface area (Å²) in [6.45, 7) is 6.20. The molecule has 54 heavy (non-hydrogen) atoms. The lowest BCUT2D eigenvalue weighted by Gasteiger charge is -2.39. The van der Waals surface area contributed by atoms with E-state index in [9.17, 15) is 25.5 Å². The number of hydrogen-bond acceptors (Lipinski definition) is 15. The summed E-state index contributed by atoms with van der Waals surface area (Å²) in [7, 11) is 0. The van der Waals surface area contributed by atoms with Gasteiger partial charge in [-0.3, -0.25) is 0 Å². The average Bonchev–Trinajstić information content (AvgIpc) is 3.18. The summed E-state index contributed by atoms with van der Waals surface area (Å²) >= 11 is 0. The second-order valence-electron chi connectivity index (χ2n) is 14.2. The molecule has 1 rings (SSSR count). The molecule has 0 amide bonds. The standard InChI is InChI=1S/C39H78O15/c1-2-3-4-5-6-7-8-9-10-11-12-13-14-15-17-50-31-39(30-42,32-51-25-23-47-20-19-46-18-16-40)33-52-26-24-48-21-22-49-27-28-53-38-37(45)36(44)35(43)34(29-41)54-38/h34-38,40-45H,2-33H2,1H3/t34-,35-,36+,37+,38+,39?/m1/s1. The monoisotopic (exact) mass is 787 g/mol. The normalized spacial score (nSPS) is 21.5. The van der Waals surface area contributed by atoms with Gasteiger partial charge in [-0.2, -0.15) is 0 Å². The van der Waals surface area contributed by atoms with E-state index in [1.54, 1.807) is 0 Å². The fraction of sp³-hybridized carbons (Fsp3) is 1.00. The van der Waals surface area contributed by atoms with Crippen LogP contribution in [-0.4, -0.2) is 180 Å². The van der Waals surface area contributed by atoms with Gasteiger partial charge in [0.05, 0.1) is 118 Å². The van der Waals surface area contributed by atoms with E-state index in [4.69, 9.17) is 47.7 Å². The molecule has 0 bridgehead atoms. The minimum Gasteiger partial charge on any atom is -0.396 e. The van der Waals surface area contributed by atoms with Crippen molar-refractivity contribution < 1.29 is 73.3 Å². The fourth-order valence-corrected chi connectivity index (χ4v) is 5.90. The third-order valence-corrected chi connectivity index (χ3v) is 9.28. The maximum atomic E-state index is 10.4. The number of aliphatic hydroxyl groups is 6. The Hall–Kier alpha value is -0.600. The lowest BCUT2D eigenvalue weighted by molar-refractivity contribution is -0.302. The summed E-state index contributed by atoms with van der Waals surface area (Å²) in [5, 5.41) is 58.1. The van der Waals surface area contributed by atoms with E-state index in [2.05, 4.69) is 6.92 Å². The van der Waals surface area contributed by atoms with Gasteiger partial charge < -0.3 is 73.3 Å². The van der Waals surface area contributed by atoms with Crippen LogP contribution in [0.4, 0.5) is 0 Å². The van der Waals surface area contributed by atoms with E-state index >= 15 is 0 Å². The molecule has 15 nitrogen and oxygen atoms in total. The molecule has 6 N–H and O–H groups in total. The van der Waals surface area contributed by atoms with Gasteiger partial charge in [0.15, 0.2) is 6.29 Å². The Labute approximate surface area is 324 Å². The Morgan fingerprint density at radius 2 is 0.852 bits per heavy atom. The fourth-order valence-electron chi connectivity index (χ4n) is 5.90. The van der Waals surface area contributed by atoms with E-state index in [1.165, 1.54) is 77.0 Å². The maximum absolute atomic E-state index is 10.4. The molecular formula is C39H78O15. The van der Waals surface area contributed by atoms with E-state index in [0.29, 0.717) is 59.5 Å². The summed E-state index contributed by atoms with van der Waals surface area (Å²) in [5.74, 6) is 0. The molecular weight excluding hydrogens is 708 g/mol. The minimum atomic E-state index is -1.49. The van der Waals surface area contributed by atoms with Crippen molar-refractivity contribution in [3.63, 3.8) is 0 Å². The Bertz CT molecular complexity index is 782. The maximum Gasteiger partial charge on any atom is 0.186 e. The highest BCUT2D eigenvalue weighted by atomic mass is 16.7. The van der Waals surface area contributed by atoms with Crippen LogP contribution in [0, 0.1) is 5.41 Å². The molecule has 1 fully saturated rings. The molecule has 324 valence electrons. The van der Waals surface area contributed by atoms with Crippen molar-refractivity contribution in [2.45, 2.75) is 128 Å². The van der Waals surface area contributed by atoms with Gasteiger partial charge in [-0.1, -0.05) is 90.4 Å². The number of rotatable bonds is 41. The van der Waals surface area contributed by atoms with E-state index in [1.807, 2.05) is 0 Å². The zero-order chi connectivity index (χ0) is 39.4. The van der Waals surface area contributed by atoms with Gasteiger partial charge in [0.25, 0.3) is 0 Å². The van der Waals surface area contributed by atoms with Crippen LogP contribution >= 0.6 is 0 Å². The van der Waals surface area contributed by atoms with Gasteiger partial charge in [-0.05, 0) is 6.42 Å². The van der Waals surface area contributed by atoms with Crippen LogP contribution in [0.3, 0.4) is 0 Å². The van der Waals surface area contributed by atoms with Gasteiger partial charge in [-0.25, -0.2) is 0 Å². The highest BCUT2D eigenvalue weighted by Gasteiger charge is 2.44. The predicted molar refractivity (Wildman–Crippen MR) is 202 cm³/mol. The average molecular weight is 787 g/mol. The van der Waals surface area contributed by atoms with Gasteiger partial charge in [0.2, 0.25) is 0 Å². The van der Waals surface area contributed by atoms with Crippen LogP contribution in [0.5, 0.6) is 0 Å². The van der Waals surface area contributed by atoms with E-state index in [0.717, 1.165) is 12.8 Å². The molecule has 0 aliphatic carbocycles. The van der Waals surface area contributed by atoms with Crippen LogP contribution in [0.2, 0.25) is 0 Å². The highest BCUT2D eigenvalue weighted by molar-refractivity contribution is 4.88. The van der Waals surface area contributed by atoms with E-state index < -0.39 is 42.7 Å². The van der Waals surface area contributed by atoms with Crippen molar-refractivity contribution in [1.82, 2.24) is 0 Å². The molecule has 0 spiro atoms. The second kappa shape index (κ2) is 36.7. The van der Waals surface area contributed by atoms with Crippen LogP contribution in [0.25, 0.3) is 0 Å². The molecule has 0 aromatic rings. The SMILES string of the molecule is CCCCCCCCCCCCCCCCOCC(CO)(COCCOCCOCCO)COCCOCCOCCO[C@H]1O[C@H](CO)[C@@H](O)[C@H](O)[C@@H]1O. The van der Waals surface area contributed by atoms with Crippen molar-refractivity contribution in [1.29, 1.82) is 0 Å². The molecule has 1 aliphatic rings. The number of hydrogen-bond donors (Lipinski definition) is 6. The summed E-state index contributed by atoms with van der Waals surface area (Å²) < 4.78 is 50.2. The van der Waals surface area contributed by atoms with Crippen LogP contribution in [-0.2, 0) is 42.6 Å². The first-order valence-electron chi connectivity index (χ1n) is 20.6. The number of aliphatic hydroxyl groups excluding tert-OH is 6. The Balaban J connectivity index is 2.23. The zero-order valence-electron chi connectivity index (χ0n) is 33.4. The van der Waals surface area contributed by atoms with Crippen molar-refractivity contribution >= 4 is 0 Å². The van der Waals surface area contributed by atoms with Crippen molar-refractivity contribution in [3.8, 4) is 0 Å². The Kier molecular flexibility index (Phi) is 35.0. The second-order valence-corrected chi connectivity index (χ2v) is 14.2. The highest BCUT2D eigenvalue weighted by Crippen LogP contribution is 2.22. The molecule has 0 saturated carbocycles. The van der Waals surface area contributed by atoms with Gasteiger partial charge in [0, 0.05) is 6.61 Å². The first kappa shape index (κ1) is 51.4. The number of ether oxygens (including phenoxy) is 9. The molecule has 0 aromatic carbocycles. The van der Waals surface area contributed by atoms with Crippen molar-refractivity contribution in [3.05, 3.63) is 0 Å². The molecule has 1 aliphatic heterocycles. The Morgan fingerprint density at radius 3 is 1.30 bits per heavy atom. The van der Waals surface area contributed by atoms with Crippen molar-refractivity contribution in [2.24, 2.45) is 5.41 Å². The third-order valence-electron chi connectivity index (χ3n) is 9.28. The summed E-state index contributed by atoms with van der Waals surface area (Å²) in [6, 6.07) is 0. The van der Waals surface area contributed by atoms with E-state index in [-0.39, 0.29) is 52.9 Å². The molecule has 6 atom stereocenters. The molecule has 1 heterocycles. The molecule has 1 saturated heterocycles. The molecule has 1 unspecified atom stereocenters. The molecule has 0 aromatic heterocycles. The lowest BCUT2D eigenvalue weighted by Crippen LogP contribution is -2.59. The third kappa shape index (κ3) is 26.3.